The largest absolute Gasteiger partial charge is 0.493 e. The fourth-order valence-electron chi connectivity index (χ4n) is 4.07. The first-order valence-electron chi connectivity index (χ1n) is 12.2. The molecule has 7 heteroatoms. The number of carbonyl (C=O) groups excluding carboxylic acids is 1. The van der Waals surface area contributed by atoms with E-state index in [9.17, 15) is 22.4 Å². The Morgan fingerprint density at radius 2 is 1.37 bits per heavy atom. The summed E-state index contributed by atoms with van der Waals surface area (Å²) in [7, 11) is 0. The van der Waals surface area contributed by atoms with Crippen molar-refractivity contribution in [2.45, 2.75) is 32.1 Å². The minimum Gasteiger partial charge on any atom is -0.493 e. The molecular weight excluding hydrogens is 494 g/mol. The third-order valence-electron chi connectivity index (χ3n) is 6.02. The molecule has 0 spiro atoms. The molecule has 0 saturated heterocycles. The van der Waals surface area contributed by atoms with Crippen LogP contribution in [0.15, 0.2) is 103 Å². The standard InChI is InChI=1S/C31H27F4NO2/c32-28-14-12-23(13-15-28)16-17-38-29-11-5-9-26(19-29)22-36(21-24-6-2-1-3-7-24)30(37)20-25-8-4-10-27(18-25)31(33,34)35/h1-15,18-19H,16-17,20-22H2. The molecular formula is C31H27F4NO2. The van der Waals surface area contributed by atoms with Gasteiger partial charge in [0.25, 0.3) is 0 Å². The van der Waals surface area contributed by atoms with Crippen LogP contribution >= 0.6 is 0 Å². The average molecular weight is 522 g/mol. The number of carbonyl (C=O) groups is 1. The number of hydrogen-bond acceptors (Lipinski definition) is 2. The number of ether oxygens (including phenoxy) is 1. The van der Waals surface area contributed by atoms with Crippen molar-refractivity contribution in [1.29, 1.82) is 0 Å². The lowest BCUT2D eigenvalue weighted by atomic mass is 10.1. The van der Waals surface area contributed by atoms with Crippen LogP contribution in [0.5, 0.6) is 5.75 Å². The molecule has 4 aromatic carbocycles. The van der Waals surface area contributed by atoms with Crippen molar-refractivity contribution in [2.24, 2.45) is 0 Å². The van der Waals surface area contributed by atoms with Gasteiger partial charge in [-0.3, -0.25) is 4.79 Å². The Hall–Kier alpha value is -4.13. The Bertz CT molecular complexity index is 1340. The van der Waals surface area contributed by atoms with Gasteiger partial charge in [-0.15, -0.1) is 0 Å². The zero-order chi connectivity index (χ0) is 27.0. The fraction of sp³-hybridized carbons (Fsp3) is 0.194. The molecule has 0 aliphatic carbocycles. The zero-order valence-electron chi connectivity index (χ0n) is 20.6. The molecule has 1 amide bonds. The molecule has 0 saturated carbocycles. The van der Waals surface area contributed by atoms with Crippen LogP contribution in [0.4, 0.5) is 17.6 Å². The minimum atomic E-state index is -4.47. The highest BCUT2D eigenvalue weighted by atomic mass is 19.4. The first-order chi connectivity index (χ1) is 18.3. The molecule has 4 rings (SSSR count). The maximum absolute atomic E-state index is 13.3. The van der Waals surface area contributed by atoms with Crippen LogP contribution < -0.4 is 4.74 Å². The van der Waals surface area contributed by atoms with Crippen LogP contribution in [0.25, 0.3) is 0 Å². The van der Waals surface area contributed by atoms with E-state index in [2.05, 4.69) is 0 Å². The lowest BCUT2D eigenvalue weighted by molar-refractivity contribution is -0.138. The molecule has 0 fully saturated rings. The van der Waals surface area contributed by atoms with E-state index in [-0.39, 0.29) is 24.7 Å². The van der Waals surface area contributed by atoms with Gasteiger partial charge in [-0.1, -0.05) is 72.8 Å². The van der Waals surface area contributed by atoms with Gasteiger partial charge in [-0.05, 0) is 52.6 Å². The topological polar surface area (TPSA) is 29.5 Å². The molecule has 196 valence electrons. The van der Waals surface area contributed by atoms with Gasteiger partial charge in [0.2, 0.25) is 5.91 Å². The van der Waals surface area contributed by atoms with Crippen molar-refractivity contribution in [3.8, 4) is 5.75 Å². The van der Waals surface area contributed by atoms with E-state index in [1.54, 1.807) is 17.0 Å². The van der Waals surface area contributed by atoms with Gasteiger partial charge < -0.3 is 9.64 Å². The number of amides is 1. The summed E-state index contributed by atoms with van der Waals surface area (Å²) < 4.78 is 58.4. The van der Waals surface area contributed by atoms with Crippen molar-refractivity contribution in [3.05, 3.63) is 137 Å². The third-order valence-corrected chi connectivity index (χ3v) is 6.02. The molecule has 0 bridgehead atoms. The number of rotatable bonds is 10. The molecule has 3 nitrogen and oxygen atoms in total. The highest BCUT2D eigenvalue weighted by Gasteiger charge is 2.30. The van der Waals surface area contributed by atoms with Crippen molar-refractivity contribution < 1.29 is 27.1 Å². The molecule has 0 N–H and O–H groups in total. The highest BCUT2D eigenvalue weighted by molar-refractivity contribution is 5.79. The zero-order valence-corrected chi connectivity index (χ0v) is 20.6. The van der Waals surface area contributed by atoms with E-state index < -0.39 is 11.7 Å². The molecule has 0 aromatic heterocycles. The van der Waals surface area contributed by atoms with E-state index in [1.807, 2.05) is 54.6 Å². The number of halogens is 4. The summed E-state index contributed by atoms with van der Waals surface area (Å²) in [6, 6.07) is 27.9. The predicted molar refractivity (Wildman–Crippen MR) is 138 cm³/mol. The molecule has 0 heterocycles. The Morgan fingerprint density at radius 3 is 2.11 bits per heavy atom. The lowest BCUT2D eigenvalue weighted by Gasteiger charge is -2.24. The summed E-state index contributed by atoms with van der Waals surface area (Å²) in [5, 5.41) is 0. The summed E-state index contributed by atoms with van der Waals surface area (Å²) >= 11 is 0. The number of nitrogens with zero attached hydrogens (tertiary/aromatic N) is 1. The third kappa shape index (κ3) is 7.93. The van der Waals surface area contributed by atoms with E-state index in [0.717, 1.165) is 28.8 Å². The second-order valence-electron chi connectivity index (χ2n) is 8.98. The smallest absolute Gasteiger partial charge is 0.416 e. The van der Waals surface area contributed by atoms with E-state index in [1.165, 1.54) is 24.3 Å². The Labute approximate surface area is 219 Å². The SMILES string of the molecule is O=C(Cc1cccc(C(F)(F)F)c1)N(Cc1ccccc1)Cc1cccc(OCCc2ccc(F)cc2)c1. The van der Waals surface area contributed by atoms with Gasteiger partial charge in [-0.2, -0.15) is 13.2 Å². The monoisotopic (exact) mass is 521 g/mol. The molecule has 0 aliphatic rings. The minimum absolute atomic E-state index is 0.148. The van der Waals surface area contributed by atoms with Gasteiger partial charge in [0.15, 0.2) is 0 Å². The van der Waals surface area contributed by atoms with Crippen LogP contribution in [-0.4, -0.2) is 17.4 Å². The normalized spacial score (nSPS) is 11.3. The fourth-order valence-corrected chi connectivity index (χ4v) is 4.07. The van der Waals surface area contributed by atoms with Crippen molar-refractivity contribution in [2.75, 3.05) is 6.61 Å². The number of hydrogen-bond donors (Lipinski definition) is 0. The average Bonchev–Trinajstić information content (AvgIpc) is 2.90. The maximum atomic E-state index is 13.3. The summed E-state index contributed by atoms with van der Waals surface area (Å²) in [4.78, 5) is 14.9. The number of alkyl halides is 3. The molecule has 38 heavy (non-hydrogen) atoms. The Morgan fingerprint density at radius 1 is 0.711 bits per heavy atom. The second-order valence-corrected chi connectivity index (χ2v) is 8.98. The van der Waals surface area contributed by atoms with Crippen LogP contribution in [-0.2, 0) is 36.9 Å². The quantitative estimate of drug-likeness (QED) is 0.206. The van der Waals surface area contributed by atoms with E-state index in [4.69, 9.17) is 4.74 Å². The first kappa shape index (κ1) is 26.9. The van der Waals surface area contributed by atoms with E-state index >= 15 is 0 Å². The van der Waals surface area contributed by atoms with Gasteiger partial charge in [-0.25, -0.2) is 4.39 Å². The van der Waals surface area contributed by atoms with Crippen molar-refractivity contribution >= 4 is 5.91 Å². The molecule has 4 aromatic rings. The second kappa shape index (κ2) is 12.4. The van der Waals surface area contributed by atoms with Gasteiger partial charge in [0.1, 0.15) is 11.6 Å². The molecule has 0 aliphatic heterocycles. The van der Waals surface area contributed by atoms with Crippen LogP contribution in [0.2, 0.25) is 0 Å². The molecule has 0 atom stereocenters. The van der Waals surface area contributed by atoms with Crippen LogP contribution in [0, 0.1) is 5.82 Å². The number of benzene rings is 4. The van der Waals surface area contributed by atoms with Crippen molar-refractivity contribution in [3.63, 3.8) is 0 Å². The van der Waals surface area contributed by atoms with E-state index in [0.29, 0.717) is 30.9 Å². The van der Waals surface area contributed by atoms with Gasteiger partial charge in [0.05, 0.1) is 18.6 Å². The summed E-state index contributed by atoms with van der Waals surface area (Å²) in [6.45, 7) is 0.980. The predicted octanol–water partition coefficient (Wildman–Crippen LogP) is 7.24. The Kier molecular flexibility index (Phi) is 8.79. The Balaban J connectivity index is 1.46. The van der Waals surface area contributed by atoms with Gasteiger partial charge in [0, 0.05) is 19.5 Å². The molecule has 0 unspecified atom stereocenters. The summed E-state index contributed by atoms with van der Waals surface area (Å²) in [5.74, 6) is 0.0652. The van der Waals surface area contributed by atoms with Gasteiger partial charge >= 0.3 is 6.18 Å². The van der Waals surface area contributed by atoms with Crippen LogP contribution in [0.1, 0.15) is 27.8 Å². The van der Waals surface area contributed by atoms with Crippen LogP contribution in [0.3, 0.4) is 0 Å². The molecule has 0 radical (unpaired) electrons. The first-order valence-corrected chi connectivity index (χ1v) is 12.2. The summed E-state index contributed by atoms with van der Waals surface area (Å²) in [5.41, 5.74) is 2.23. The summed E-state index contributed by atoms with van der Waals surface area (Å²) in [6.07, 6.45) is -4.01. The highest BCUT2D eigenvalue weighted by Crippen LogP contribution is 2.30. The lowest BCUT2D eigenvalue weighted by Crippen LogP contribution is -2.31. The maximum Gasteiger partial charge on any atom is 0.416 e. The van der Waals surface area contributed by atoms with Crippen molar-refractivity contribution in [1.82, 2.24) is 4.90 Å².